The molecule has 1 rings (SSSR count). The molecule has 13 nitrogen and oxygen atoms in total. The number of aliphatic hydroxyl groups is 5. The van der Waals surface area contributed by atoms with Crippen molar-refractivity contribution >= 4 is 19.8 Å². The van der Waals surface area contributed by atoms with E-state index in [9.17, 15) is 44.6 Å². The summed E-state index contributed by atoms with van der Waals surface area (Å²) in [4.78, 5) is 35.9. The highest BCUT2D eigenvalue weighted by molar-refractivity contribution is 7.47. The summed E-state index contributed by atoms with van der Waals surface area (Å²) >= 11 is 0. The van der Waals surface area contributed by atoms with Gasteiger partial charge >= 0.3 is 19.8 Å². The number of phosphoric acid groups is 1. The van der Waals surface area contributed by atoms with Crippen molar-refractivity contribution in [2.75, 3.05) is 13.2 Å². The molecule has 0 radical (unpaired) electrons. The van der Waals surface area contributed by atoms with Crippen molar-refractivity contribution < 1.29 is 63.1 Å². The first kappa shape index (κ1) is 63.6. The van der Waals surface area contributed by atoms with Gasteiger partial charge in [0.2, 0.25) is 0 Å². The number of hydrogen-bond acceptors (Lipinski definition) is 12. The Hall–Kier alpha value is -1.41. The van der Waals surface area contributed by atoms with Crippen LogP contribution in [-0.4, -0.2) is 98.3 Å². The van der Waals surface area contributed by atoms with Gasteiger partial charge in [0.1, 0.15) is 43.2 Å². The van der Waals surface area contributed by atoms with Gasteiger partial charge in [-0.1, -0.05) is 219 Å². The van der Waals surface area contributed by atoms with Gasteiger partial charge in [-0.25, -0.2) is 4.57 Å². The van der Waals surface area contributed by atoms with Gasteiger partial charge in [0.05, 0.1) is 6.61 Å². The predicted molar refractivity (Wildman–Crippen MR) is 267 cm³/mol. The summed E-state index contributed by atoms with van der Waals surface area (Å²) in [6, 6.07) is 0. The summed E-state index contributed by atoms with van der Waals surface area (Å²) in [6.07, 6.45) is 35.4. The van der Waals surface area contributed by atoms with Crippen LogP contribution in [0.25, 0.3) is 0 Å². The number of carbonyl (C=O) groups is 2. The molecule has 1 aliphatic rings. The minimum absolute atomic E-state index is 0.0965. The number of esters is 2. The predicted octanol–water partition coefficient (Wildman–Crippen LogP) is 12.2. The number of aliphatic hydroxyl groups excluding tert-OH is 5. The van der Waals surface area contributed by atoms with E-state index in [1.54, 1.807) is 0 Å². The monoisotopic (exact) mass is 977 g/mol. The molecule has 0 aromatic heterocycles. The molecular formula is C53H101O13P. The Balaban J connectivity index is 2.36. The third-order valence-corrected chi connectivity index (χ3v) is 14.1. The second-order valence-corrected chi connectivity index (χ2v) is 20.9. The van der Waals surface area contributed by atoms with Crippen LogP contribution in [0, 0.1) is 0 Å². The Kier molecular flexibility index (Phi) is 41.2. The first-order valence-electron chi connectivity index (χ1n) is 27.5. The van der Waals surface area contributed by atoms with Gasteiger partial charge in [-0.05, 0) is 38.5 Å². The summed E-state index contributed by atoms with van der Waals surface area (Å²) in [7, 11) is -5.12. The van der Waals surface area contributed by atoms with Gasteiger partial charge in [0.25, 0.3) is 0 Å². The minimum Gasteiger partial charge on any atom is -0.462 e. The highest BCUT2D eigenvalue weighted by Gasteiger charge is 2.51. The van der Waals surface area contributed by atoms with E-state index in [4.69, 9.17) is 18.5 Å². The molecule has 0 bridgehead atoms. The maximum atomic E-state index is 12.9. The Labute approximate surface area is 407 Å². The minimum atomic E-state index is -5.12. The van der Waals surface area contributed by atoms with Crippen LogP contribution in [0.5, 0.6) is 0 Å². The van der Waals surface area contributed by atoms with Crippen LogP contribution in [0.1, 0.15) is 258 Å². The summed E-state index contributed by atoms with van der Waals surface area (Å²) in [5.41, 5.74) is 0. The lowest BCUT2D eigenvalue weighted by Gasteiger charge is -2.41. The molecule has 1 fully saturated rings. The fourth-order valence-corrected chi connectivity index (χ4v) is 9.67. The quantitative estimate of drug-likeness (QED) is 0.0145. The Morgan fingerprint density at radius 3 is 1.13 bits per heavy atom. The van der Waals surface area contributed by atoms with E-state index in [0.717, 1.165) is 51.4 Å². The molecule has 67 heavy (non-hydrogen) atoms. The SMILES string of the molecule is CCCCCCCCCC/C=C\CCCCCCCCCC(=O)O[C@H](COC(=O)CCCCCCCCCCCCCCCCCCCCC)COP(=O)(O)OC1C(O)C(O)C(O)[C@@H](O)C1O. The van der Waals surface area contributed by atoms with Crippen LogP contribution >= 0.6 is 7.82 Å². The Morgan fingerprint density at radius 2 is 0.761 bits per heavy atom. The molecule has 0 aliphatic heterocycles. The molecule has 0 heterocycles. The lowest BCUT2D eigenvalue weighted by molar-refractivity contribution is -0.220. The highest BCUT2D eigenvalue weighted by Crippen LogP contribution is 2.47. The van der Waals surface area contributed by atoms with Crippen molar-refractivity contribution in [3.63, 3.8) is 0 Å². The summed E-state index contributed by atoms with van der Waals surface area (Å²) in [5.74, 6) is -1.09. The zero-order valence-corrected chi connectivity index (χ0v) is 43.4. The van der Waals surface area contributed by atoms with Crippen molar-refractivity contribution in [3.8, 4) is 0 Å². The molecule has 1 aliphatic carbocycles. The number of phosphoric ester groups is 1. The number of ether oxygens (including phenoxy) is 2. The smallest absolute Gasteiger partial charge is 0.462 e. The average molecular weight is 977 g/mol. The number of rotatable bonds is 47. The maximum Gasteiger partial charge on any atom is 0.472 e. The van der Waals surface area contributed by atoms with Gasteiger partial charge in [0.15, 0.2) is 6.10 Å². The lowest BCUT2D eigenvalue weighted by atomic mass is 9.85. The van der Waals surface area contributed by atoms with Gasteiger partial charge in [-0.2, -0.15) is 0 Å². The van der Waals surface area contributed by atoms with Crippen LogP contribution in [0.4, 0.5) is 0 Å². The summed E-state index contributed by atoms with van der Waals surface area (Å²) < 4.78 is 33.7. The van der Waals surface area contributed by atoms with Crippen LogP contribution in [-0.2, 0) is 32.7 Å². The lowest BCUT2D eigenvalue weighted by Crippen LogP contribution is -2.64. The van der Waals surface area contributed by atoms with E-state index in [1.165, 1.54) is 167 Å². The van der Waals surface area contributed by atoms with E-state index in [2.05, 4.69) is 26.0 Å². The van der Waals surface area contributed by atoms with E-state index in [1.807, 2.05) is 0 Å². The second-order valence-electron chi connectivity index (χ2n) is 19.4. The van der Waals surface area contributed by atoms with E-state index >= 15 is 0 Å². The molecule has 14 heteroatoms. The van der Waals surface area contributed by atoms with Crippen LogP contribution < -0.4 is 0 Å². The van der Waals surface area contributed by atoms with Crippen LogP contribution in [0.3, 0.4) is 0 Å². The van der Waals surface area contributed by atoms with E-state index < -0.39 is 75.7 Å². The van der Waals surface area contributed by atoms with Crippen molar-refractivity contribution in [1.82, 2.24) is 0 Å². The highest BCUT2D eigenvalue weighted by atomic mass is 31.2. The number of unbranched alkanes of at least 4 members (excludes halogenated alkanes) is 33. The molecule has 8 atom stereocenters. The third-order valence-electron chi connectivity index (χ3n) is 13.1. The molecule has 0 aromatic carbocycles. The molecule has 1 saturated carbocycles. The normalized spacial score (nSPS) is 21.1. The zero-order valence-electron chi connectivity index (χ0n) is 42.5. The fourth-order valence-electron chi connectivity index (χ4n) is 8.70. The first-order valence-corrected chi connectivity index (χ1v) is 29.0. The molecule has 0 saturated heterocycles. The van der Waals surface area contributed by atoms with E-state index in [-0.39, 0.29) is 12.8 Å². The number of hydrogen-bond donors (Lipinski definition) is 6. The van der Waals surface area contributed by atoms with Crippen molar-refractivity contribution in [2.24, 2.45) is 0 Å². The first-order chi connectivity index (χ1) is 32.4. The second kappa shape index (κ2) is 43.4. The van der Waals surface area contributed by atoms with Crippen molar-refractivity contribution in [2.45, 2.75) is 301 Å². The van der Waals surface area contributed by atoms with Gasteiger partial charge in [0, 0.05) is 12.8 Å². The van der Waals surface area contributed by atoms with Gasteiger partial charge in [-0.3, -0.25) is 18.6 Å². The third kappa shape index (κ3) is 35.4. The number of carbonyl (C=O) groups excluding carboxylic acids is 2. The maximum absolute atomic E-state index is 12.9. The largest absolute Gasteiger partial charge is 0.472 e. The molecule has 0 amide bonds. The Morgan fingerprint density at radius 1 is 0.448 bits per heavy atom. The standard InChI is InChI=1S/C53H101O13P/c1-3-5-7-9-11-13-15-17-19-21-23-25-27-29-31-33-35-37-39-41-46(54)63-43-45(44-64-67(61,62)66-53-51(59)49(57)48(56)50(58)52(53)60)65-47(55)42-40-38-36-34-32-30-28-26-24-22-20-18-16-14-12-10-8-6-4-2/h22,24,45,48-53,56-60H,3-21,23,25-44H2,1-2H3,(H,61,62)/b24-22-/t45-,48?,49-,50?,51?,52?,53?/m1/s1. The Bertz CT molecular complexity index is 1220. The molecule has 6 unspecified atom stereocenters. The average Bonchev–Trinajstić information content (AvgIpc) is 3.31. The zero-order chi connectivity index (χ0) is 49.2. The van der Waals surface area contributed by atoms with E-state index in [0.29, 0.717) is 12.8 Å². The van der Waals surface area contributed by atoms with Gasteiger partial charge in [-0.15, -0.1) is 0 Å². The summed E-state index contributed by atoms with van der Waals surface area (Å²) in [6.45, 7) is 3.35. The molecule has 396 valence electrons. The molecular weight excluding hydrogens is 876 g/mol. The molecule has 6 N–H and O–H groups in total. The molecule has 0 aromatic rings. The van der Waals surface area contributed by atoms with Crippen molar-refractivity contribution in [1.29, 1.82) is 0 Å². The van der Waals surface area contributed by atoms with Crippen LogP contribution in [0.15, 0.2) is 12.2 Å². The van der Waals surface area contributed by atoms with Crippen LogP contribution in [0.2, 0.25) is 0 Å². The summed E-state index contributed by atoms with van der Waals surface area (Å²) in [5, 5.41) is 50.3. The molecule has 0 spiro atoms. The fraction of sp³-hybridized carbons (Fsp3) is 0.925. The van der Waals surface area contributed by atoms with Gasteiger partial charge < -0.3 is 39.9 Å². The van der Waals surface area contributed by atoms with Crippen molar-refractivity contribution in [3.05, 3.63) is 12.2 Å². The number of allylic oxidation sites excluding steroid dienone is 2. The topological polar surface area (TPSA) is 210 Å².